The van der Waals surface area contributed by atoms with E-state index in [4.69, 9.17) is 9.47 Å². The Hall–Kier alpha value is -1.35. The molecule has 3 heteroatoms. The van der Waals surface area contributed by atoms with Gasteiger partial charge < -0.3 is 9.47 Å². The number of hydrogen-bond acceptors (Lipinski definition) is 3. The predicted molar refractivity (Wildman–Crippen MR) is 72.8 cm³/mol. The number of rotatable bonds is 3. The fraction of sp³-hybridized carbons (Fsp3) is 0.562. The van der Waals surface area contributed by atoms with E-state index in [0.717, 1.165) is 49.2 Å². The molecule has 1 unspecified atom stereocenters. The van der Waals surface area contributed by atoms with Gasteiger partial charge in [0.25, 0.3) is 0 Å². The zero-order valence-corrected chi connectivity index (χ0v) is 11.2. The van der Waals surface area contributed by atoms with E-state index in [1.54, 1.807) is 0 Å². The van der Waals surface area contributed by atoms with Crippen LogP contribution in [0.3, 0.4) is 0 Å². The molecule has 1 aromatic rings. The van der Waals surface area contributed by atoms with Crippen LogP contribution in [0.1, 0.15) is 48.0 Å². The van der Waals surface area contributed by atoms with Gasteiger partial charge in [-0.05, 0) is 55.9 Å². The maximum absolute atomic E-state index is 11.7. The average Bonchev–Trinajstić information content (AvgIpc) is 2.46. The van der Waals surface area contributed by atoms with Crippen molar-refractivity contribution in [2.45, 2.75) is 44.6 Å². The fourth-order valence-electron chi connectivity index (χ4n) is 2.84. The number of fused-ring (bicyclic) bond motifs is 1. The molecule has 1 heterocycles. The lowest BCUT2D eigenvalue weighted by molar-refractivity contribution is -0.0110. The monoisotopic (exact) mass is 260 g/mol. The van der Waals surface area contributed by atoms with Gasteiger partial charge in [-0.15, -0.1) is 0 Å². The van der Waals surface area contributed by atoms with Gasteiger partial charge in [0.15, 0.2) is 5.78 Å². The SMILES string of the molecule is O=C1CCCc2cc(OCC3CCCCO3)ccc21. The number of ketones is 1. The van der Waals surface area contributed by atoms with Crippen molar-refractivity contribution < 1.29 is 14.3 Å². The highest BCUT2D eigenvalue weighted by Gasteiger charge is 2.18. The molecule has 0 radical (unpaired) electrons. The lowest BCUT2D eigenvalue weighted by atomic mass is 9.90. The zero-order valence-electron chi connectivity index (χ0n) is 11.2. The molecule has 1 fully saturated rings. The Morgan fingerprint density at radius 2 is 2.16 bits per heavy atom. The first-order chi connectivity index (χ1) is 9.33. The molecule has 1 aliphatic heterocycles. The largest absolute Gasteiger partial charge is 0.491 e. The molecule has 1 aromatic carbocycles. The van der Waals surface area contributed by atoms with Crippen LogP contribution in [0.5, 0.6) is 5.75 Å². The Kier molecular flexibility index (Phi) is 3.83. The quantitative estimate of drug-likeness (QED) is 0.837. The first-order valence-corrected chi connectivity index (χ1v) is 7.23. The molecule has 0 N–H and O–H groups in total. The third-order valence-electron chi connectivity index (χ3n) is 3.94. The summed E-state index contributed by atoms with van der Waals surface area (Å²) >= 11 is 0. The van der Waals surface area contributed by atoms with Crippen molar-refractivity contribution in [3.05, 3.63) is 29.3 Å². The van der Waals surface area contributed by atoms with Crippen molar-refractivity contribution in [2.75, 3.05) is 13.2 Å². The maximum Gasteiger partial charge on any atom is 0.163 e. The molecular weight excluding hydrogens is 240 g/mol. The normalized spacial score (nSPS) is 22.9. The van der Waals surface area contributed by atoms with E-state index in [-0.39, 0.29) is 11.9 Å². The van der Waals surface area contributed by atoms with Crippen molar-refractivity contribution in [3.63, 3.8) is 0 Å². The Bertz CT molecular complexity index is 461. The van der Waals surface area contributed by atoms with Crippen LogP contribution in [0.25, 0.3) is 0 Å². The van der Waals surface area contributed by atoms with Gasteiger partial charge >= 0.3 is 0 Å². The Balaban J connectivity index is 1.63. The molecule has 0 aromatic heterocycles. The van der Waals surface area contributed by atoms with E-state index in [9.17, 15) is 4.79 Å². The van der Waals surface area contributed by atoms with Crippen molar-refractivity contribution in [1.29, 1.82) is 0 Å². The molecule has 102 valence electrons. The predicted octanol–water partition coefficient (Wildman–Crippen LogP) is 3.15. The molecule has 1 saturated heterocycles. The van der Waals surface area contributed by atoms with Crippen molar-refractivity contribution in [1.82, 2.24) is 0 Å². The first-order valence-electron chi connectivity index (χ1n) is 7.23. The highest BCUT2D eigenvalue weighted by molar-refractivity contribution is 5.98. The molecule has 1 aliphatic carbocycles. The number of aryl methyl sites for hydroxylation is 1. The van der Waals surface area contributed by atoms with Gasteiger partial charge in [-0.1, -0.05) is 0 Å². The summed E-state index contributed by atoms with van der Waals surface area (Å²) in [4.78, 5) is 11.7. The van der Waals surface area contributed by atoms with Gasteiger partial charge in [0.1, 0.15) is 12.4 Å². The number of carbonyl (C=O) groups is 1. The second-order valence-electron chi connectivity index (χ2n) is 5.40. The molecule has 3 rings (SSSR count). The summed E-state index contributed by atoms with van der Waals surface area (Å²) in [5.74, 6) is 1.13. The molecule has 1 atom stereocenters. The summed E-state index contributed by atoms with van der Waals surface area (Å²) < 4.78 is 11.5. The number of Topliss-reactive ketones (excluding diaryl/α,β-unsaturated/α-hetero) is 1. The smallest absolute Gasteiger partial charge is 0.163 e. The number of ether oxygens (including phenoxy) is 2. The minimum absolute atomic E-state index is 0.228. The van der Waals surface area contributed by atoms with Gasteiger partial charge in [0, 0.05) is 18.6 Å². The fourth-order valence-corrected chi connectivity index (χ4v) is 2.84. The Morgan fingerprint density at radius 1 is 1.21 bits per heavy atom. The summed E-state index contributed by atoms with van der Waals surface area (Å²) in [6.07, 6.45) is 6.34. The Labute approximate surface area is 113 Å². The van der Waals surface area contributed by atoms with E-state index in [1.165, 1.54) is 6.42 Å². The third-order valence-corrected chi connectivity index (χ3v) is 3.94. The van der Waals surface area contributed by atoms with Crippen LogP contribution in [0, 0.1) is 0 Å². The lowest BCUT2D eigenvalue weighted by Gasteiger charge is -2.23. The summed E-state index contributed by atoms with van der Waals surface area (Å²) in [6.45, 7) is 1.47. The number of hydrogen-bond donors (Lipinski definition) is 0. The zero-order chi connectivity index (χ0) is 13.1. The highest BCUT2D eigenvalue weighted by atomic mass is 16.5. The molecule has 3 nitrogen and oxygen atoms in total. The van der Waals surface area contributed by atoms with Gasteiger partial charge in [-0.2, -0.15) is 0 Å². The van der Waals surface area contributed by atoms with Gasteiger partial charge in [0.2, 0.25) is 0 Å². The van der Waals surface area contributed by atoms with Crippen LogP contribution in [0.4, 0.5) is 0 Å². The van der Waals surface area contributed by atoms with Crippen LogP contribution in [0.2, 0.25) is 0 Å². The van der Waals surface area contributed by atoms with Crippen LogP contribution in [0.15, 0.2) is 18.2 Å². The number of carbonyl (C=O) groups excluding carboxylic acids is 1. The summed E-state index contributed by atoms with van der Waals surface area (Å²) in [7, 11) is 0. The summed E-state index contributed by atoms with van der Waals surface area (Å²) in [5, 5.41) is 0. The Morgan fingerprint density at radius 3 is 3.00 bits per heavy atom. The standard InChI is InChI=1S/C16H20O3/c17-16-6-3-4-12-10-13(7-8-15(12)16)19-11-14-5-1-2-9-18-14/h7-8,10,14H,1-6,9,11H2. The summed E-state index contributed by atoms with van der Waals surface area (Å²) in [6, 6.07) is 5.84. The summed E-state index contributed by atoms with van der Waals surface area (Å²) in [5.41, 5.74) is 2.02. The van der Waals surface area contributed by atoms with E-state index < -0.39 is 0 Å². The van der Waals surface area contributed by atoms with E-state index in [2.05, 4.69) is 0 Å². The van der Waals surface area contributed by atoms with Crippen LogP contribution < -0.4 is 4.74 Å². The maximum atomic E-state index is 11.7. The topological polar surface area (TPSA) is 35.5 Å². The van der Waals surface area contributed by atoms with Gasteiger partial charge in [-0.3, -0.25) is 4.79 Å². The van der Waals surface area contributed by atoms with Crippen molar-refractivity contribution >= 4 is 5.78 Å². The molecular formula is C16H20O3. The second kappa shape index (κ2) is 5.74. The van der Waals surface area contributed by atoms with E-state index in [0.29, 0.717) is 13.0 Å². The van der Waals surface area contributed by atoms with Crippen LogP contribution >= 0.6 is 0 Å². The molecule has 0 bridgehead atoms. The molecule has 19 heavy (non-hydrogen) atoms. The number of benzene rings is 1. The molecule has 0 saturated carbocycles. The highest BCUT2D eigenvalue weighted by Crippen LogP contribution is 2.26. The van der Waals surface area contributed by atoms with E-state index >= 15 is 0 Å². The van der Waals surface area contributed by atoms with Gasteiger partial charge in [0.05, 0.1) is 6.10 Å². The van der Waals surface area contributed by atoms with Crippen LogP contribution in [-0.4, -0.2) is 25.1 Å². The van der Waals surface area contributed by atoms with Gasteiger partial charge in [-0.25, -0.2) is 0 Å². The van der Waals surface area contributed by atoms with E-state index in [1.807, 2.05) is 18.2 Å². The molecule has 2 aliphatic rings. The van der Waals surface area contributed by atoms with Crippen molar-refractivity contribution in [2.24, 2.45) is 0 Å². The van der Waals surface area contributed by atoms with Crippen LogP contribution in [-0.2, 0) is 11.2 Å². The molecule has 0 spiro atoms. The minimum Gasteiger partial charge on any atom is -0.491 e. The first kappa shape index (κ1) is 12.7. The third kappa shape index (κ3) is 2.98. The average molecular weight is 260 g/mol. The lowest BCUT2D eigenvalue weighted by Crippen LogP contribution is -2.25. The molecule has 0 amide bonds. The minimum atomic E-state index is 0.228. The van der Waals surface area contributed by atoms with Crippen molar-refractivity contribution in [3.8, 4) is 5.75 Å². The second-order valence-corrected chi connectivity index (χ2v) is 5.40.